The number of aromatic nitrogens is 3. The van der Waals surface area contributed by atoms with Gasteiger partial charge in [0.25, 0.3) is 5.91 Å². The summed E-state index contributed by atoms with van der Waals surface area (Å²) >= 11 is 0. The number of amides is 1. The molecule has 0 saturated carbocycles. The number of para-hydroxylation sites is 1. The first-order valence-electron chi connectivity index (χ1n) is 11.4. The van der Waals surface area contributed by atoms with Gasteiger partial charge in [-0.15, -0.1) is 0 Å². The Morgan fingerprint density at radius 2 is 1.75 bits per heavy atom. The van der Waals surface area contributed by atoms with Crippen molar-refractivity contribution < 1.29 is 9.18 Å². The third-order valence-corrected chi connectivity index (χ3v) is 6.14. The Balaban J connectivity index is 1.48. The fraction of sp³-hybridized carbons (Fsp3) is 0.103. The molecule has 1 N–H and O–H groups in total. The van der Waals surface area contributed by atoms with Gasteiger partial charge in [0.2, 0.25) is 0 Å². The first kappa shape index (κ1) is 22.9. The molecule has 5 aromatic rings. The van der Waals surface area contributed by atoms with Gasteiger partial charge in [0, 0.05) is 10.9 Å². The van der Waals surface area contributed by atoms with Crippen LogP contribution in [-0.4, -0.2) is 20.7 Å². The lowest BCUT2D eigenvalue weighted by molar-refractivity contribution is 0.102. The first-order chi connectivity index (χ1) is 17.4. The van der Waals surface area contributed by atoms with E-state index in [4.69, 9.17) is 5.26 Å². The van der Waals surface area contributed by atoms with Gasteiger partial charge in [0.05, 0.1) is 52.0 Å². The van der Waals surface area contributed by atoms with Crippen LogP contribution in [0.5, 0.6) is 0 Å². The molecule has 2 heterocycles. The number of nitriles is 1. The molecule has 0 bridgehead atoms. The average Bonchev–Trinajstić information content (AvgIpc) is 3.16. The van der Waals surface area contributed by atoms with E-state index in [0.29, 0.717) is 40.3 Å². The highest BCUT2D eigenvalue weighted by molar-refractivity contribution is 6.13. The summed E-state index contributed by atoms with van der Waals surface area (Å²) in [6.07, 6.45) is 0. The van der Waals surface area contributed by atoms with E-state index in [0.717, 1.165) is 22.2 Å². The van der Waals surface area contributed by atoms with Crippen molar-refractivity contribution >= 4 is 22.5 Å². The fourth-order valence-electron chi connectivity index (χ4n) is 4.20. The quantitative estimate of drug-likeness (QED) is 0.337. The number of nitrogens with one attached hydrogen (secondary N) is 1. The monoisotopic (exact) mass is 475 g/mol. The zero-order valence-electron chi connectivity index (χ0n) is 19.8. The number of carbonyl (C=O) groups excluding carboxylic acids is 1. The van der Waals surface area contributed by atoms with E-state index in [9.17, 15) is 9.18 Å². The second-order valence-electron chi connectivity index (χ2n) is 8.55. The SMILES string of the molecule is Cc1nn(Cc2ccc(C#N)cc2)c(C)c1NC(=O)c1cc(-c2ccc(F)cc2)nc2ccccc12. The number of pyridine rings is 1. The zero-order chi connectivity index (χ0) is 25.2. The fourth-order valence-corrected chi connectivity index (χ4v) is 4.20. The van der Waals surface area contributed by atoms with Crippen LogP contribution < -0.4 is 5.32 Å². The lowest BCUT2D eigenvalue weighted by Crippen LogP contribution is -2.14. The van der Waals surface area contributed by atoms with Gasteiger partial charge in [-0.2, -0.15) is 10.4 Å². The molecule has 0 aliphatic rings. The van der Waals surface area contributed by atoms with Gasteiger partial charge in [-0.3, -0.25) is 9.48 Å². The molecule has 0 atom stereocenters. The topological polar surface area (TPSA) is 83.6 Å². The van der Waals surface area contributed by atoms with Gasteiger partial charge in [0.15, 0.2) is 0 Å². The van der Waals surface area contributed by atoms with Gasteiger partial charge < -0.3 is 5.32 Å². The summed E-state index contributed by atoms with van der Waals surface area (Å²) in [5.74, 6) is -0.609. The molecule has 36 heavy (non-hydrogen) atoms. The molecule has 0 unspecified atom stereocenters. The third kappa shape index (κ3) is 4.44. The third-order valence-electron chi connectivity index (χ3n) is 6.14. The van der Waals surface area contributed by atoms with Crippen LogP contribution in [0, 0.1) is 31.0 Å². The van der Waals surface area contributed by atoms with Crippen LogP contribution in [-0.2, 0) is 6.54 Å². The predicted octanol–water partition coefficient (Wildman–Crippen LogP) is 6.03. The summed E-state index contributed by atoms with van der Waals surface area (Å²) in [5.41, 5.74) is 6.23. The van der Waals surface area contributed by atoms with E-state index in [1.54, 1.807) is 30.3 Å². The van der Waals surface area contributed by atoms with Crippen LogP contribution in [0.25, 0.3) is 22.2 Å². The molecule has 0 aliphatic carbocycles. The maximum absolute atomic E-state index is 13.5. The highest BCUT2D eigenvalue weighted by Gasteiger charge is 2.19. The first-order valence-corrected chi connectivity index (χ1v) is 11.4. The molecular formula is C29H22FN5O. The predicted molar refractivity (Wildman–Crippen MR) is 137 cm³/mol. The van der Waals surface area contributed by atoms with E-state index in [1.165, 1.54) is 12.1 Å². The normalized spacial score (nSPS) is 10.8. The highest BCUT2D eigenvalue weighted by Crippen LogP contribution is 2.27. The van der Waals surface area contributed by atoms with E-state index >= 15 is 0 Å². The van der Waals surface area contributed by atoms with Gasteiger partial charge >= 0.3 is 0 Å². The molecule has 7 heteroatoms. The van der Waals surface area contributed by atoms with Gasteiger partial charge in [-0.1, -0.05) is 30.3 Å². The summed E-state index contributed by atoms with van der Waals surface area (Å²) in [4.78, 5) is 18.2. The molecule has 0 spiro atoms. The van der Waals surface area contributed by atoms with E-state index in [-0.39, 0.29) is 11.7 Å². The number of nitrogens with zero attached hydrogens (tertiary/aromatic N) is 4. The number of fused-ring (bicyclic) bond motifs is 1. The Hall–Kier alpha value is -4.83. The second-order valence-corrected chi connectivity index (χ2v) is 8.55. The Morgan fingerprint density at radius 1 is 1.03 bits per heavy atom. The molecule has 0 radical (unpaired) electrons. The minimum atomic E-state index is -0.332. The average molecular weight is 476 g/mol. The van der Waals surface area contributed by atoms with Gasteiger partial charge in [-0.05, 0) is 67.9 Å². The van der Waals surface area contributed by atoms with E-state index in [2.05, 4.69) is 21.5 Å². The van der Waals surface area contributed by atoms with Crippen LogP contribution in [0.1, 0.15) is 32.9 Å². The van der Waals surface area contributed by atoms with Crippen LogP contribution >= 0.6 is 0 Å². The van der Waals surface area contributed by atoms with Crippen molar-refractivity contribution in [3.63, 3.8) is 0 Å². The Bertz CT molecular complexity index is 1630. The molecule has 0 aliphatic heterocycles. The van der Waals surface area contributed by atoms with Gasteiger partial charge in [0.1, 0.15) is 5.82 Å². The molecule has 2 aromatic heterocycles. The van der Waals surface area contributed by atoms with Crippen molar-refractivity contribution in [2.45, 2.75) is 20.4 Å². The Morgan fingerprint density at radius 3 is 2.47 bits per heavy atom. The van der Waals surface area contributed by atoms with Crippen molar-refractivity contribution in [3.8, 4) is 17.3 Å². The molecule has 0 fully saturated rings. The smallest absolute Gasteiger partial charge is 0.256 e. The number of aryl methyl sites for hydroxylation is 1. The van der Waals surface area contributed by atoms with Crippen LogP contribution in [0.2, 0.25) is 0 Å². The number of carbonyl (C=O) groups is 1. The number of halogens is 1. The van der Waals surface area contributed by atoms with Gasteiger partial charge in [-0.25, -0.2) is 9.37 Å². The number of benzene rings is 3. The standard InChI is InChI=1S/C29H22FN5O/c1-18-28(19(2)35(34-18)17-21-9-7-20(16-31)8-10-21)33-29(36)25-15-27(22-11-13-23(30)14-12-22)32-26-6-4-3-5-24(25)26/h3-15H,17H2,1-2H3,(H,33,36). The minimum absolute atomic E-state index is 0.277. The highest BCUT2D eigenvalue weighted by atomic mass is 19.1. The number of hydrogen-bond donors (Lipinski definition) is 1. The summed E-state index contributed by atoms with van der Waals surface area (Å²) in [7, 11) is 0. The number of rotatable bonds is 5. The Labute approximate surface area is 207 Å². The zero-order valence-corrected chi connectivity index (χ0v) is 19.8. The van der Waals surface area contributed by atoms with Crippen molar-refractivity contribution in [1.29, 1.82) is 5.26 Å². The van der Waals surface area contributed by atoms with Crippen molar-refractivity contribution in [2.24, 2.45) is 0 Å². The Kier molecular flexibility index (Phi) is 6.01. The lowest BCUT2D eigenvalue weighted by atomic mass is 10.0. The molecule has 3 aromatic carbocycles. The number of hydrogen-bond acceptors (Lipinski definition) is 4. The molecule has 176 valence electrons. The van der Waals surface area contributed by atoms with Crippen molar-refractivity contribution in [2.75, 3.05) is 5.32 Å². The van der Waals surface area contributed by atoms with Crippen molar-refractivity contribution in [3.05, 3.63) is 113 Å². The summed E-state index contributed by atoms with van der Waals surface area (Å²) in [6.45, 7) is 4.28. The molecule has 0 saturated heterocycles. The van der Waals surface area contributed by atoms with E-state index < -0.39 is 0 Å². The molecular weight excluding hydrogens is 453 g/mol. The maximum Gasteiger partial charge on any atom is 0.256 e. The molecule has 5 rings (SSSR count). The maximum atomic E-state index is 13.5. The number of anilines is 1. The van der Waals surface area contributed by atoms with Crippen LogP contribution in [0.15, 0.2) is 78.9 Å². The van der Waals surface area contributed by atoms with E-state index in [1.807, 2.05) is 54.9 Å². The molecule has 1 amide bonds. The van der Waals surface area contributed by atoms with Crippen LogP contribution in [0.3, 0.4) is 0 Å². The summed E-state index contributed by atoms with van der Waals surface area (Å²) in [6, 6.07) is 24.7. The molecule has 6 nitrogen and oxygen atoms in total. The van der Waals surface area contributed by atoms with Crippen molar-refractivity contribution in [1.82, 2.24) is 14.8 Å². The lowest BCUT2D eigenvalue weighted by Gasteiger charge is -2.11. The largest absolute Gasteiger partial charge is 0.319 e. The van der Waals surface area contributed by atoms with Crippen LogP contribution in [0.4, 0.5) is 10.1 Å². The summed E-state index contributed by atoms with van der Waals surface area (Å²) in [5, 5.41) is 17.4. The minimum Gasteiger partial charge on any atom is -0.319 e. The second kappa shape index (κ2) is 9.43. The summed E-state index contributed by atoms with van der Waals surface area (Å²) < 4.78 is 15.3.